The summed E-state index contributed by atoms with van der Waals surface area (Å²) in [6.45, 7) is -3.55. The Morgan fingerprint density at radius 2 is 1.85 bits per heavy atom. The summed E-state index contributed by atoms with van der Waals surface area (Å²) in [5.41, 5.74) is 0.393. The van der Waals surface area contributed by atoms with Gasteiger partial charge in [0, 0.05) is 11.1 Å². The van der Waals surface area contributed by atoms with Crippen molar-refractivity contribution in [3.05, 3.63) is 64.9 Å². The van der Waals surface area contributed by atoms with Crippen molar-refractivity contribution in [3.63, 3.8) is 0 Å². The van der Waals surface area contributed by atoms with Crippen molar-refractivity contribution in [2.24, 2.45) is 0 Å². The second kappa shape index (κ2) is 9.63. The van der Waals surface area contributed by atoms with Gasteiger partial charge >= 0.3 is 12.6 Å². The fourth-order valence-electron chi connectivity index (χ4n) is 1.89. The van der Waals surface area contributed by atoms with E-state index < -0.39 is 30.9 Å². The van der Waals surface area contributed by atoms with Crippen molar-refractivity contribution in [3.8, 4) is 5.75 Å². The number of nitrogens with one attached hydrogen (secondary N) is 1. The normalized spacial score (nSPS) is 10.9. The lowest BCUT2D eigenvalue weighted by Gasteiger charge is -2.07. The van der Waals surface area contributed by atoms with Crippen molar-refractivity contribution in [2.45, 2.75) is 6.61 Å². The highest BCUT2D eigenvalue weighted by atomic mass is 35.5. The molecule has 2 aromatic rings. The van der Waals surface area contributed by atoms with Gasteiger partial charge in [-0.25, -0.2) is 9.18 Å². The molecule has 0 spiro atoms. The van der Waals surface area contributed by atoms with E-state index >= 15 is 0 Å². The van der Waals surface area contributed by atoms with Gasteiger partial charge in [-0.15, -0.1) is 0 Å². The Kier molecular flexibility index (Phi) is 7.25. The molecule has 2 rings (SSSR count). The maximum absolute atomic E-state index is 13.5. The number of amides is 1. The Labute approximate surface area is 157 Å². The average Bonchev–Trinajstić information content (AvgIpc) is 2.62. The topological polar surface area (TPSA) is 64.6 Å². The van der Waals surface area contributed by atoms with Gasteiger partial charge in [-0.1, -0.05) is 23.7 Å². The van der Waals surface area contributed by atoms with E-state index in [2.05, 4.69) is 10.1 Å². The van der Waals surface area contributed by atoms with Gasteiger partial charge in [-0.2, -0.15) is 8.78 Å². The van der Waals surface area contributed by atoms with Gasteiger partial charge in [0.05, 0.1) is 5.69 Å². The van der Waals surface area contributed by atoms with E-state index in [1.165, 1.54) is 42.5 Å². The zero-order chi connectivity index (χ0) is 19.8. The molecule has 5 nitrogen and oxygen atoms in total. The highest BCUT2D eigenvalue weighted by Gasteiger charge is 2.09. The van der Waals surface area contributed by atoms with E-state index in [1.807, 2.05) is 0 Å². The SMILES string of the molecule is O=C(COC(=O)/C=C/c1ccc(OC(F)F)cc1)Nc1cc(Cl)ccc1F. The first-order valence-electron chi connectivity index (χ1n) is 7.48. The molecule has 142 valence electrons. The predicted octanol–water partition coefficient (Wildman–Crippen LogP) is 4.28. The first kappa shape index (κ1) is 20.3. The zero-order valence-electron chi connectivity index (χ0n) is 13.6. The second-order valence-electron chi connectivity index (χ2n) is 5.06. The minimum atomic E-state index is -2.92. The Morgan fingerprint density at radius 3 is 2.52 bits per heavy atom. The smallest absolute Gasteiger partial charge is 0.387 e. The quantitative estimate of drug-likeness (QED) is 0.557. The molecule has 1 N–H and O–H groups in total. The van der Waals surface area contributed by atoms with E-state index in [1.54, 1.807) is 0 Å². The molecule has 0 saturated heterocycles. The Hall–Kier alpha value is -3.00. The van der Waals surface area contributed by atoms with E-state index in [0.717, 1.165) is 12.1 Å². The van der Waals surface area contributed by atoms with Crippen LogP contribution in [0.1, 0.15) is 5.56 Å². The van der Waals surface area contributed by atoms with Gasteiger partial charge in [-0.3, -0.25) is 4.79 Å². The number of rotatable bonds is 7. The number of carbonyl (C=O) groups is 2. The van der Waals surface area contributed by atoms with Crippen molar-refractivity contribution < 1.29 is 32.2 Å². The zero-order valence-corrected chi connectivity index (χ0v) is 14.4. The molecule has 9 heteroatoms. The number of anilines is 1. The van der Waals surface area contributed by atoms with Gasteiger partial charge in [0.1, 0.15) is 11.6 Å². The molecule has 0 fully saturated rings. The molecule has 0 bridgehead atoms. The second-order valence-corrected chi connectivity index (χ2v) is 5.50. The maximum atomic E-state index is 13.5. The summed E-state index contributed by atoms with van der Waals surface area (Å²) in [7, 11) is 0. The van der Waals surface area contributed by atoms with E-state index in [4.69, 9.17) is 16.3 Å². The molecule has 0 saturated carbocycles. The van der Waals surface area contributed by atoms with Gasteiger partial charge in [-0.05, 0) is 42.0 Å². The molecule has 0 radical (unpaired) electrons. The minimum Gasteiger partial charge on any atom is -0.452 e. The van der Waals surface area contributed by atoms with Crippen LogP contribution in [0.3, 0.4) is 0 Å². The number of benzene rings is 2. The number of hydrogen-bond acceptors (Lipinski definition) is 4. The van der Waals surface area contributed by atoms with Crippen molar-refractivity contribution in [1.82, 2.24) is 0 Å². The Balaban J connectivity index is 1.82. The molecule has 27 heavy (non-hydrogen) atoms. The fraction of sp³-hybridized carbons (Fsp3) is 0.111. The third kappa shape index (κ3) is 7.02. The predicted molar refractivity (Wildman–Crippen MR) is 93.1 cm³/mol. The lowest BCUT2D eigenvalue weighted by atomic mass is 10.2. The number of hydrogen-bond donors (Lipinski definition) is 1. The lowest BCUT2D eigenvalue weighted by Crippen LogP contribution is -2.20. The van der Waals surface area contributed by atoms with Crippen LogP contribution in [-0.4, -0.2) is 25.1 Å². The molecule has 0 aliphatic rings. The molecule has 0 aliphatic heterocycles. The number of alkyl halides is 2. The van der Waals surface area contributed by atoms with Crippen LogP contribution in [0.15, 0.2) is 48.5 Å². The van der Waals surface area contributed by atoms with E-state index in [0.29, 0.717) is 5.56 Å². The summed E-state index contributed by atoms with van der Waals surface area (Å²) in [5.74, 6) is -2.26. The molecule has 0 aliphatic carbocycles. The largest absolute Gasteiger partial charge is 0.452 e. The summed E-state index contributed by atoms with van der Waals surface area (Å²) < 4.78 is 46.5. The van der Waals surface area contributed by atoms with Crippen LogP contribution in [0.5, 0.6) is 5.75 Å². The Morgan fingerprint density at radius 1 is 1.15 bits per heavy atom. The third-order valence-electron chi connectivity index (χ3n) is 3.07. The monoisotopic (exact) mass is 399 g/mol. The van der Waals surface area contributed by atoms with Crippen LogP contribution in [0, 0.1) is 5.82 Å². The van der Waals surface area contributed by atoms with Crippen LogP contribution in [0.2, 0.25) is 5.02 Å². The lowest BCUT2D eigenvalue weighted by molar-refractivity contribution is -0.142. The molecular weight excluding hydrogens is 387 g/mol. The average molecular weight is 400 g/mol. The number of carbonyl (C=O) groups excluding carboxylic acids is 2. The highest BCUT2D eigenvalue weighted by Crippen LogP contribution is 2.19. The summed E-state index contributed by atoms with van der Waals surface area (Å²) in [5, 5.41) is 2.46. The Bertz CT molecular complexity index is 841. The van der Waals surface area contributed by atoms with Crippen LogP contribution < -0.4 is 10.1 Å². The van der Waals surface area contributed by atoms with Gasteiger partial charge in [0.15, 0.2) is 6.61 Å². The fourth-order valence-corrected chi connectivity index (χ4v) is 2.06. The first-order chi connectivity index (χ1) is 12.8. The number of esters is 1. The van der Waals surface area contributed by atoms with E-state index in [9.17, 15) is 22.8 Å². The summed E-state index contributed by atoms with van der Waals surface area (Å²) in [6, 6.07) is 9.16. The maximum Gasteiger partial charge on any atom is 0.387 e. The first-order valence-corrected chi connectivity index (χ1v) is 7.86. The standard InChI is InChI=1S/C18H13ClF3NO4/c19-12-4-7-14(20)15(9-12)23-16(24)10-26-17(25)8-3-11-1-5-13(6-2-11)27-18(21)22/h1-9,18H,10H2,(H,23,24)/b8-3+. The molecule has 2 aromatic carbocycles. The molecule has 0 atom stereocenters. The third-order valence-corrected chi connectivity index (χ3v) is 3.30. The number of ether oxygens (including phenoxy) is 2. The highest BCUT2D eigenvalue weighted by molar-refractivity contribution is 6.30. The summed E-state index contributed by atoms with van der Waals surface area (Å²) in [4.78, 5) is 23.3. The van der Waals surface area contributed by atoms with Crippen molar-refractivity contribution in [2.75, 3.05) is 11.9 Å². The molecule has 1 amide bonds. The van der Waals surface area contributed by atoms with Crippen molar-refractivity contribution >= 4 is 35.2 Å². The van der Waals surface area contributed by atoms with Crippen LogP contribution in [-0.2, 0) is 14.3 Å². The van der Waals surface area contributed by atoms with Crippen LogP contribution >= 0.6 is 11.6 Å². The van der Waals surface area contributed by atoms with Crippen LogP contribution in [0.4, 0.5) is 18.9 Å². The molecule has 0 unspecified atom stereocenters. The minimum absolute atomic E-state index is 0.0188. The van der Waals surface area contributed by atoms with Crippen LogP contribution in [0.25, 0.3) is 6.08 Å². The van der Waals surface area contributed by atoms with Gasteiger partial charge < -0.3 is 14.8 Å². The van der Waals surface area contributed by atoms with Crippen molar-refractivity contribution in [1.29, 1.82) is 0 Å². The number of halogens is 4. The van der Waals surface area contributed by atoms with E-state index in [-0.39, 0.29) is 16.5 Å². The van der Waals surface area contributed by atoms with Gasteiger partial charge in [0.2, 0.25) is 0 Å². The van der Waals surface area contributed by atoms with Gasteiger partial charge in [0.25, 0.3) is 5.91 Å². The molecule has 0 aromatic heterocycles. The molecule has 0 heterocycles. The summed E-state index contributed by atoms with van der Waals surface area (Å²) >= 11 is 5.70. The molecular formula is C18H13ClF3NO4. The summed E-state index contributed by atoms with van der Waals surface area (Å²) in [6.07, 6.45) is 2.42.